The van der Waals surface area contributed by atoms with E-state index in [2.05, 4.69) is 38.2 Å². The second-order valence-corrected chi connectivity index (χ2v) is 5.62. The van der Waals surface area contributed by atoms with Gasteiger partial charge in [-0.25, -0.2) is 0 Å². The van der Waals surface area contributed by atoms with Crippen LogP contribution in [0, 0.1) is 20.8 Å². The third-order valence-electron chi connectivity index (χ3n) is 3.72. The Hall–Kier alpha value is -1.35. The molecule has 0 aliphatic carbocycles. The third-order valence-corrected chi connectivity index (χ3v) is 3.72. The number of nitrogens with one attached hydrogen (secondary N) is 1. The van der Waals surface area contributed by atoms with Gasteiger partial charge in [0.05, 0.1) is 0 Å². The van der Waals surface area contributed by atoms with Gasteiger partial charge in [0, 0.05) is 6.54 Å². The topological polar surface area (TPSA) is 49.3 Å². The molecule has 3 heteroatoms. The zero-order valence-corrected chi connectivity index (χ0v) is 12.6. The predicted molar refractivity (Wildman–Crippen MR) is 78.4 cm³/mol. The molecule has 0 fully saturated rings. The Morgan fingerprint density at radius 2 is 1.79 bits per heavy atom. The molecule has 0 heterocycles. The van der Waals surface area contributed by atoms with E-state index in [1.54, 1.807) is 6.92 Å². The average Bonchev–Trinajstić information content (AvgIpc) is 2.27. The minimum Gasteiger partial charge on any atom is -0.480 e. The van der Waals surface area contributed by atoms with Crippen LogP contribution in [0.1, 0.15) is 48.9 Å². The minimum atomic E-state index is -0.849. The van der Waals surface area contributed by atoms with Crippen LogP contribution in [0.3, 0.4) is 0 Å². The number of aryl methyl sites for hydroxylation is 3. The molecule has 0 saturated heterocycles. The summed E-state index contributed by atoms with van der Waals surface area (Å²) in [7, 11) is 0. The quantitative estimate of drug-likeness (QED) is 0.827. The fourth-order valence-corrected chi connectivity index (χ4v) is 2.54. The van der Waals surface area contributed by atoms with Crippen molar-refractivity contribution in [1.82, 2.24) is 5.32 Å². The van der Waals surface area contributed by atoms with Crippen LogP contribution in [0.4, 0.5) is 0 Å². The first-order valence-electron chi connectivity index (χ1n) is 6.85. The zero-order chi connectivity index (χ0) is 14.6. The predicted octanol–water partition coefficient (Wildman–Crippen LogP) is 3.34. The van der Waals surface area contributed by atoms with Gasteiger partial charge in [-0.2, -0.15) is 0 Å². The lowest BCUT2D eigenvalue weighted by Crippen LogP contribution is -2.49. The van der Waals surface area contributed by atoms with Crippen LogP contribution in [-0.4, -0.2) is 16.6 Å². The SMILES string of the molecule is CCCC(C)(NCc1c(C)cc(C)cc1C)C(=O)O. The van der Waals surface area contributed by atoms with E-state index in [1.165, 1.54) is 22.3 Å². The summed E-state index contributed by atoms with van der Waals surface area (Å²) in [5.41, 5.74) is 4.03. The Bertz CT molecular complexity index is 445. The Morgan fingerprint density at radius 1 is 1.26 bits per heavy atom. The molecule has 0 amide bonds. The average molecular weight is 263 g/mol. The molecule has 3 nitrogen and oxygen atoms in total. The van der Waals surface area contributed by atoms with Crippen molar-refractivity contribution >= 4 is 5.97 Å². The lowest BCUT2D eigenvalue weighted by atomic mass is 9.94. The van der Waals surface area contributed by atoms with Gasteiger partial charge >= 0.3 is 5.97 Å². The Morgan fingerprint density at radius 3 is 2.21 bits per heavy atom. The van der Waals surface area contributed by atoms with Crippen molar-refractivity contribution in [1.29, 1.82) is 0 Å². The van der Waals surface area contributed by atoms with Crippen LogP contribution < -0.4 is 5.32 Å². The first kappa shape index (κ1) is 15.7. The number of carboxylic acid groups (broad SMARTS) is 1. The van der Waals surface area contributed by atoms with Gasteiger partial charge in [0.15, 0.2) is 0 Å². The van der Waals surface area contributed by atoms with Crippen molar-refractivity contribution in [2.45, 2.75) is 59.5 Å². The van der Waals surface area contributed by atoms with Gasteiger partial charge in [-0.05, 0) is 50.8 Å². The van der Waals surface area contributed by atoms with Crippen molar-refractivity contribution < 1.29 is 9.90 Å². The molecule has 2 N–H and O–H groups in total. The number of hydrogen-bond donors (Lipinski definition) is 2. The molecule has 1 atom stereocenters. The summed E-state index contributed by atoms with van der Waals surface area (Å²) in [6, 6.07) is 4.28. The second-order valence-electron chi connectivity index (χ2n) is 5.62. The van der Waals surface area contributed by atoms with Gasteiger partial charge in [-0.3, -0.25) is 10.1 Å². The molecule has 0 spiro atoms. The van der Waals surface area contributed by atoms with Crippen LogP contribution in [-0.2, 0) is 11.3 Å². The maximum Gasteiger partial charge on any atom is 0.323 e. The summed E-state index contributed by atoms with van der Waals surface area (Å²) >= 11 is 0. The third kappa shape index (κ3) is 3.80. The molecule has 1 rings (SSSR count). The van der Waals surface area contributed by atoms with Crippen LogP contribution in [0.5, 0.6) is 0 Å². The van der Waals surface area contributed by atoms with Gasteiger partial charge in [0.1, 0.15) is 5.54 Å². The molecule has 0 radical (unpaired) electrons. The highest BCUT2D eigenvalue weighted by atomic mass is 16.4. The van der Waals surface area contributed by atoms with Crippen LogP contribution in [0.15, 0.2) is 12.1 Å². The van der Waals surface area contributed by atoms with Gasteiger partial charge in [0.25, 0.3) is 0 Å². The largest absolute Gasteiger partial charge is 0.480 e. The van der Waals surface area contributed by atoms with E-state index in [1.807, 2.05) is 6.92 Å². The lowest BCUT2D eigenvalue weighted by Gasteiger charge is -2.27. The molecule has 0 saturated carbocycles. The highest BCUT2D eigenvalue weighted by Gasteiger charge is 2.31. The molecule has 0 aromatic heterocycles. The van der Waals surface area contributed by atoms with Crippen LogP contribution in [0.2, 0.25) is 0 Å². The molecule has 0 aliphatic rings. The Balaban J connectivity index is 2.89. The maximum absolute atomic E-state index is 11.4. The van der Waals surface area contributed by atoms with E-state index < -0.39 is 11.5 Å². The number of carboxylic acids is 1. The van der Waals surface area contributed by atoms with Gasteiger partial charge < -0.3 is 5.11 Å². The molecule has 1 unspecified atom stereocenters. The number of aliphatic carboxylic acids is 1. The first-order valence-corrected chi connectivity index (χ1v) is 6.85. The van der Waals surface area contributed by atoms with E-state index >= 15 is 0 Å². The second kappa shape index (κ2) is 6.20. The lowest BCUT2D eigenvalue weighted by molar-refractivity contribution is -0.144. The fraction of sp³-hybridized carbons (Fsp3) is 0.562. The van der Waals surface area contributed by atoms with E-state index in [0.29, 0.717) is 13.0 Å². The first-order chi connectivity index (χ1) is 8.80. The summed E-state index contributed by atoms with van der Waals surface area (Å²) in [6.45, 7) is 10.6. The summed E-state index contributed by atoms with van der Waals surface area (Å²) in [5, 5.41) is 12.6. The molecule has 0 aliphatic heterocycles. The molecule has 0 bridgehead atoms. The number of hydrogen-bond acceptors (Lipinski definition) is 2. The Labute approximate surface area is 116 Å². The zero-order valence-electron chi connectivity index (χ0n) is 12.6. The monoisotopic (exact) mass is 263 g/mol. The van der Waals surface area contributed by atoms with Gasteiger partial charge in [-0.15, -0.1) is 0 Å². The number of benzene rings is 1. The smallest absolute Gasteiger partial charge is 0.323 e. The van der Waals surface area contributed by atoms with Crippen molar-refractivity contribution in [3.8, 4) is 0 Å². The summed E-state index contributed by atoms with van der Waals surface area (Å²) in [6.07, 6.45) is 1.48. The Kier molecular flexibility index (Phi) is 5.12. The summed E-state index contributed by atoms with van der Waals surface area (Å²) in [4.78, 5) is 11.4. The molecule has 19 heavy (non-hydrogen) atoms. The standard InChI is InChI=1S/C16H25NO2/c1-6-7-16(5,15(18)19)17-10-14-12(3)8-11(2)9-13(14)4/h8-9,17H,6-7,10H2,1-5H3,(H,18,19). The normalized spacial score (nSPS) is 14.2. The fourth-order valence-electron chi connectivity index (χ4n) is 2.54. The van der Waals surface area contributed by atoms with Gasteiger partial charge in [-0.1, -0.05) is 31.0 Å². The van der Waals surface area contributed by atoms with Gasteiger partial charge in [0.2, 0.25) is 0 Å². The van der Waals surface area contributed by atoms with Crippen molar-refractivity contribution in [3.05, 3.63) is 34.4 Å². The minimum absolute atomic E-state index is 0.598. The van der Waals surface area contributed by atoms with Crippen molar-refractivity contribution in [3.63, 3.8) is 0 Å². The van der Waals surface area contributed by atoms with E-state index in [4.69, 9.17) is 0 Å². The molecular weight excluding hydrogens is 238 g/mol. The van der Waals surface area contributed by atoms with Crippen LogP contribution >= 0.6 is 0 Å². The van der Waals surface area contributed by atoms with Crippen molar-refractivity contribution in [2.24, 2.45) is 0 Å². The number of carbonyl (C=O) groups is 1. The maximum atomic E-state index is 11.4. The van der Waals surface area contributed by atoms with Crippen LogP contribution in [0.25, 0.3) is 0 Å². The molecule has 1 aromatic rings. The van der Waals surface area contributed by atoms with E-state index in [-0.39, 0.29) is 0 Å². The van der Waals surface area contributed by atoms with Crippen molar-refractivity contribution in [2.75, 3.05) is 0 Å². The highest BCUT2D eigenvalue weighted by molar-refractivity contribution is 5.78. The summed E-state index contributed by atoms with van der Waals surface area (Å²) in [5.74, 6) is -0.781. The highest BCUT2D eigenvalue weighted by Crippen LogP contribution is 2.19. The molecule has 106 valence electrons. The molecule has 1 aromatic carbocycles. The van der Waals surface area contributed by atoms with E-state index in [9.17, 15) is 9.90 Å². The summed E-state index contributed by atoms with van der Waals surface area (Å²) < 4.78 is 0. The van der Waals surface area contributed by atoms with E-state index in [0.717, 1.165) is 6.42 Å². The molecular formula is C16H25NO2. The number of rotatable bonds is 6.